The Labute approximate surface area is 290 Å². The Hall–Kier alpha value is -3.95. The third-order valence-electron chi connectivity index (χ3n) is 9.78. The summed E-state index contributed by atoms with van der Waals surface area (Å²) in [6.07, 6.45) is 4.68. The molecule has 0 N–H and O–H groups in total. The lowest BCUT2D eigenvalue weighted by molar-refractivity contribution is -0.164. The highest BCUT2D eigenvalue weighted by Gasteiger charge is 2.38. The van der Waals surface area contributed by atoms with Gasteiger partial charge in [0.25, 0.3) is 0 Å². The van der Waals surface area contributed by atoms with Gasteiger partial charge in [-0.3, -0.25) is 0 Å². The molecule has 1 saturated heterocycles. The Balaban J connectivity index is 1.54. The number of benzene rings is 2. The zero-order valence-electron chi connectivity index (χ0n) is 30.5. The summed E-state index contributed by atoms with van der Waals surface area (Å²) < 4.78 is 26.8. The van der Waals surface area contributed by atoms with Crippen molar-refractivity contribution in [3.8, 4) is 28.1 Å². The van der Waals surface area contributed by atoms with Gasteiger partial charge in [-0.1, -0.05) is 31.2 Å². The second-order valence-electron chi connectivity index (χ2n) is 14.8. The second-order valence-corrected chi connectivity index (χ2v) is 14.8. The fraction of sp³-hybridized carbons (Fsp3) is 0.525. The number of esters is 1. The molecule has 3 aliphatic rings. The number of anilines is 1. The predicted octanol–water partition coefficient (Wildman–Crippen LogP) is 8.29. The van der Waals surface area contributed by atoms with E-state index in [0.717, 1.165) is 85.6 Å². The van der Waals surface area contributed by atoms with Crippen LogP contribution in [0.15, 0.2) is 48.5 Å². The first-order valence-corrected chi connectivity index (χ1v) is 17.8. The maximum Gasteiger partial charge on any atom is 0.339 e. The highest BCUT2D eigenvalue weighted by molar-refractivity contribution is 5.81. The molecule has 3 aliphatic heterocycles. The van der Waals surface area contributed by atoms with Crippen LogP contribution in [-0.2, 0) is 25.4 Å². The van der Waals surface area contributed by atoms with Crippen LogP contribution >= 0.6 is 0 Å². The summed E-state index contributed by atoms with van der Waals surface area (Å²) in [7, 11) is 1.40. The molecule has 0 radical (unpaired) electrons. The van der Waals surface area contributed by atoms with Crippen LogP contribution in [0, 0.1) is 6.92 Å². The van der Waals surface area contributed by atoms with E-state index < -0.39 is 17.7 Å². The summed E-state index contributed by atoms with van der Waals surface area (Å²) in [5.41, 5.74) is 6.40. The van der Waals surface area contributed by atoms with Gasteiger partial charge in [0.15, 0.2) is 11.8 Å². The molecule has 2 unspecified atom stereocenters. The van der Waals surface area contributed by atoms with E-state index in [2.05, 4.69) is 68.1 Å². The van der Waals surface area contributed by atoms with Crippen molar-refractivity contribution in [1.29, 1.82) is 0 Å². The Bertz CT molecular complexity index is 1800. The van der Waals surface area contributed by atoms with Crippen molar-refractivity contribution in [2.75, 3.05) is 31.7 Å². The summed E-state index contributed by atoms with van der Waals surface area (Å²) in [5.74, 6) is 1.23. The number of fused-ring (bicyclic) bond motifs is 8. The van der Waals surface area contributed by atoms with Crippen LogP contribution in [0.3, 0.4) is 0 Å². The lowest BCUT2D eigenvalue weighted by Crippen LogP contribution is -2.46. The molecule has 262 valence electrons. The van der Waals surface area contributed by atoms with E-state index in [1.807, 2.05) is 38.3 Å². The van der Waals surface area contributed by atoms with Crippen molar-refractivity contribution in [2.45, 2.75) is 110 Å². The highest BCUT2D eigenvalue weighted by atomic mass is 16.6. The largest absolute Gasteiger partial charge is 0.490 e. The van der Waals surface area contributed by atoms with Gasteiger partial charge in [0.1, 0.15) is 11.6 Å². The first kappa shape index (κ1) is 34.9. The smallest absolute Gasteiger partial charge is 0.339 e. The van der Waals surface area contributed by atoms with Crippen molar-refractivity contribution in [3.63, 3.8) is 0 Å². The number of rotatable bonds is 4. The first-order valence-electron chi connectivity index (χ1n) is 17.8. The molecule has 5 heterocycles. The second kappa shape index (κ2) is 14.1. The number of carbonyl (C=O) groups excluding carboxylic acids is 1. The number of piperidine rings is 1. The number of hydrogen-bond acceptors (Lipinski definition) is 8. The van der Waals surface area contributed by atoms with Crippen LogP contribution in [0.25, 0.3) is 28.0 Å². The maximum absolute atomic E-state index is 13.4. The summed E-state index contributed by atoms with van der Waals surface area (Å²) in [4.78, 5) is 20.8. The standard InChI is InChI=1S/C40H52N4O5/c1-9-28-16-17-33-31(23-28)29-14-12-15-30(24-29)32-25-34-41-27(3)35(36(38(45)46-8)49-39(4,5)6)37(44(34)42-32)43-20-18-40(7,19-21-43)47-22-11-10-13-26(2)48-33/h12,14-17,23-26,36H,9-11,13,18-22H2,1-8H3. The average Bonchev–Trinajstić information content (AvgIpc) is 3.50. The molecule has 2 aromatic heterocycles. The van der Waals surface area contributed by atoms with Gasteiger partial charge >= 0.3 is 5.97 Å². The number of nitrogens with zero attached hydrogens (tertiary/aromatic N) is 4. The van der Waals surface area contributed by atoms with Crippen LogP contribution in [0.4, 0.5) is 5.82 Å². The van der Waals surface area contributed by atoms with Gasteiger partial charge in [-0.25, -0.2) is 9.78 Å². The first-order chi connectivity index (χ1) is 23.4. The van der Waals surface area contributed by atoms with Crippen LogP contribution in [0.5, 0.6) is 5.75 Å². The molecular formula is C40H52N4O5. The quantitative estimate of drug-likeness (QED) is 0.201. The van der Waals surface area contributed by atoms with Gasteiger partial charge in [-0.2, -0.15) is 9.61 Å². The topological polar surface area (TPSA) is 87.4 Å². The molecule has 0 aliphatic carbocycles. The fourth-order valence-corrected chi connectivity index (χ4v) is 6.99. The molecule has 2 aromatic carbocycles. The van der Waals surface area contributed by atoms with E-state index >= 15 is 0 Å². The van der Waals surface area contributed by atoms with Gasteiger partial charge in [0, 0.05) is 42.6 Å². The summed E-state index contributed by atoms with van der Waals surface area (Å²) in [5, 5.41) is 5.20. The number of aromatic nitrogens is 3. The number of carbonyl (C=O) groups is 1. The van der Waals surface area contributed by atoms with Crippen LogP contribution < -0.4 is 9.64 Å². The van der Waals surface area contributed by atoms with Crippen molar-refractivity contribution >= 4 is 17.4 Å². The number of hydrogen-bond donors (Lipinski definition) is 0. The summed E-state index contributed by atoms with van der Waals surface area (Å²) >= 11 is 0. The van der Waals surface area contributed by atoms with E-state index in [1.165, 1.54) is 12.7 Å². The van der Waals surface area contributed by atoms with E-state index in [9.17, 15) is 4.79 Å². The van der Waals surface area contributed by atoms with Crippen LogP contribution in [0.1, 0.15) is 96.6 Å². The molecule has 0 spiro atoms. The minimum Gasteiger partial charge on any atom is -0.490 e. The minimum atomic E-state index is -0.977. The number of ether oxygens (including phenoxy) is 4. The van der Waals surface area contributed by atoms with E-state index in [-0.39, 0.29) is 11.7 Å². The highest BCUT2D eigenvalue weighted by Crippen LogP contribution is 2.40. The monoisotopic (exact) mass is 668 g/mol. The third-order valence-corrected chi connectivity index (χ3v) is 9.78. The number of aryl methyl sites for hydroxylation is 2. The predicted molar refractivity (Wildman–Crippen MR) is 193 cm³/mol. The molecule has 9 heteroatoms. The maximum atomic E-state index is 13.4. The van der Waals surface area contributed by atoms with Crippen molar-refractivity contribution < 1.29 is 23.7 Å². The molecule has 0 amide bonds. The summed E-state index contributed by atoms with van der Waals surface area (Å²) in [6.45, 7) is 16.5. The van der Waals surface area contributed by atoms with Crippen molar-refractivity contribution in [3.05, 3.63) is 65.4 Å². The zero-order chi connectivity index (χ0) is 34.9. The molecule has 2 atom stereocenters. The van der Waals surface area contributed by atoms with Crippen LogP contribution in [0.2, 0.25) is 0 Å². The molecule has 7 rings (SSSR count). The van der Waals surface area contributed by atoms with Gasteiger partial charge in [0.05, 0.1) is 35.7 Å². The molecule has 9 nitrogen and oxygen atoms in total. The van der Waals surface area contributed by atoms with Gasteiger partial charge in [0.2, 0.25) is 0 Å². The Morgan fingerprint density at radius 2 is 1.84 bits per heavy atom. The van der Waals surface area contributed by atoms with E-state index in [1.54, 1.807) is 0 Å². The van der Waals surface area contributed by atoms with Crippen molar-refractivity contribution in [2.24, 2.45) is 0 Å². The van der Waals surface area contributed by atoms with Gasteiger partial charge in [-0.05, 0) is 109 Å². The fourth-order valence-electron chi connectivity index (χ4n) is 6.99. The van der Waals surface area contributed by atoms with Crippen LogP contribution in [-0.4, -0.2) is 64.7 Å². The normalized spacial score (nSPS) is 20.9. The SMILES string of the molecule is CCc1ccc2c(c1)-c1cccc(c1)-c1cc3nc(C)c(C(OC(C)(C)C)C(=O)OC)c(n3n1)N1CCC(C)(CC1)OCCCCC(C)O2. The molecule has 1 fully saturated rings. The van der Waals surface area contributed by atoms with E-state index in [4.69, 9.17) is 29.0 Å². The lowest BCUT2D eigenvalue weighted by Gasteiger charge is -2.41. The molecule has 49 heavy (non-hydrogen) atoms. The van der Waals surface area contributed by atoms with Crippen molar-refractivity contribution in [1.82, 2.24) is 14.6 Å². The average molecular weight is 669 g/mol. The summed E-state index contributed by atoms with van der Waals surface area (Å²) in [6, 6.07) is 17.0. The lowest BCUT2D eigenvalue weighted by atomic mass is 9.92. The Morgan fingerprint density at radius 3 is 2.55 bits per heavy atom. The van der Waals surface area contributed by atoms with Gasteiger partial charge in [-0.15, -0.1) is 0 Å². The molecule has 0 saturated carbocycles. The minimum absolute atomic E-state index is 0.0790. The number of methoxy groups -OCH3 is 1. The van der Waals surface area contributed by atoms with E-state index in [0.29, 0.717) is 23.5 Å². The molecule has 6 bridgehead atoms. The third kappa shape index (κ3) is 7.63. The molecular weight excluding hydrogens is 616 g/mol. The Kier molecular flexibility index (Phi) is 10.1. The Morgan fingerprint density at radius 1 is 1.08 bits per heavy atom. The molecule has 4 aromatic rings. The van der Waals surface area contributed by atoms with Gasteiger partial charge < -0.3 is 23.8 Å². The zero-order valence-corrected chi connectivity index (χ0v) is 30.5.